The molecule has 2 aromatic rings. The predicted octanol–water partition coefficient (Wildman–Crippen LogP) is 3.37. The molecule has 0 aliphatic carbocycles. The first-order chi connectivity index (χ1) is 7.79. The van der Waals surface area contributed by atoms with Gasteiger partial charge in [0.1, 0.15) is 0 Å². The normalized spacial score (nSPS) is 8.50. The van der Waals surface area contributed by atoms with Crippen LogP contribution in [0.1, 0.15) is 34.1 Å². The van der Waals surface area contributed by atoms with Crippen LogP contribution in [-0.4, -0.2) is 9.97 Å². The van der Waals surface area contributed by atoms with Crippen LogP contribution in [0.2, 0.25) is 0 Å². The Morgan fingerprint density at radius 1 is 1.19 bits per heavy atom. The first-order valence-corrected chi connectivity index (χ1v) is 5.72. The van der Waals surface area contributed by atoms with Crippen molar-refractivity contribution in [1.29, 1.82) is 0 Å². The lowest BCUT2D eigenvalue weighted by Crippen LogP contribution is -2.05. The summed E-state index contributed by atoms with van der Waals surface area (Å²) in [4.78, 5) is 17.6. The highest BCUT2D eigenvalue weighted by Gasteiger charge is 1.94. The fourth-order valence-electron chi connectivity index (χ4n) is 1.02. The van der Waals surface area contributed by atoms with Crippen LogP contribution in [0.4, 0.5) is 0 Å². The Kier molecular flexibility index (Phi) is 7.76. The average Bonchev–Trinajstić information content (AvgIpc) is 2.33. The van der Waals surface area contributed by atoms with Crippen molar-refractivity contribution in [3.63, 3.8) is 0 Å². The number of hydrogen-bond donors (Lipinski definition) is 1. The van der Waals surface area contributed by atoms with Crippen molar-refractivity contribution in [3.8, 4) is 0 Å². The number of aromatic amines is 1. The molecule has 0 saturated heterocycles. The van der Waals surface area contributed by atoms with Gasteiger partial charge in [0.2, 0.25) is 0 Å². The first-order valence-electron chi connectivity index (χ1n) is 5.72. The van der Waals surface area contributed by atoms with E-state index in [-0.39, 0.29) is 5.56 Å². The van der Waals surface area contributed by atoms with Crippen molar-refractivity contribution in [2.75, 3.05) is 0 Å². The molecule has 88 valence electrons. The summed E-state index contributed by atoms with van der Waals surface area (Å²) in [7, 11) is 0. The highest BCUT2D eigenvalue weighted by atomic mass is 16.1. The lowest BCUT2D eigenvalue weighted by Gasteiger charge is -1.91. The molecule has 0 aliphatic rings. The van der Waals surface area contributed by atoms with Crippen molar-refractivity contribution in [1.82, 2.24) is 9.97 Å². The molecule has 2 rings (SSSR count). The third-order valence-electron chi connectivity index (χ3n) is 1.55. The van der Waals surface area contributed by atoms with Gasteiger partial charge in [-0.25, -0.2) is 4.98 Å². The number of fused-ring (bicyclic) bond motifs is 1. The Labute approximate surface area is 96.6 Å². The maximum Gasteiger partial charge on any atom is 0.258 e. The summed E-state index contributed by atoms with van der Waals surface area (Å²) in [6, 6.07) is 7.24. The van der Waals surface area contributed by atoms with Gasteiger partial charge in [-0.05, 0) is 12.1 Å². The Morgan fingerprint density at radius 3 is 2.31 bits per heavy atom. The molecule has 0 atom stereocenters. The molecule has 0 radical (unpaired) electrons. The van der Waals surface area contributed by atoms with E-state index in [1.54, 1.807) is 6.07 Å². The maximum atomic E-state index is 11.1. The minimum absolute atomic E-state index is 0.0874. The van der Waals surface area contributed by atoms with Gasteiger partial charge in [-0.3, -0.25) is 4.79 Å². The summed E-state index contributed by atoms with van der Waals surface area (Å²) in [6.45, 7) is 8.25. The zero-order chi connectivity index (χ0) is 12.4. The third kappa shape index (κ3) is 4.26. The molecule has 0 fully saturated rings. The molecular formula is C13H20N2O. The van der Waals surface area contributed by atoms with Crippen molar-refractivity contribution >= 4 is 10.9 Å². The highest BCUT2D eigenvalue weighted by molar-refractivity contribution is 5.76. The van der Waals surface area contributed by atoms with Crippen LogP contribution in [0.5, 0.6) is 0 Å². The topological polar surface area (TPSA) is 45.8 Å². The molecule has 0 aliphatic heterocycles. The lowest BCUT2D eigenvalue weighted by molar-refractivity contribution is 1.09. The molecule has 0 unspecified atom stereocenters. The molecule has 0 spiro atoms. The van der Waals surface area contributed by atoms with Crippen LogP contribution in [-0.2, 0) is 0 Å². The number of hydrogen-bond acceptors (Lipinski definition) is 2. The van der Waals surface area contributed by atoms with E-state index in [0.29, 0.717) is 5.39 Å². The van der Waals surface area contributed by atoms with Crippen molar-refractivity contribution in [3.05, 3.63) is 40.9 Å². The molecule has 1 aromatic carbocycles. The predicted molar refractivity (Wildman–Crippen MR) is 69.7 cm³/mol. The van der Waals surface area contributed by atoms with Crippen LogP contribution in [0.25, 0.3) is 10.9 Å². The first kappa shape index (κ1) is 14.4. The number of aromatic nitrogens is 2. The van der Waals surface area contributed by atoms with E-state index < -0.39 is 0 Å². The number of nitrogens with zero attached hydrogens (tertiary/aromatic N) is 1. The van der Waals surface area contributed by atoms with Gasteiger partial charge >= 0.3 is 0 Å². The summed E-state index contributed by atoms with van der Waals surface area (Å²) in [6.07, 6.45) is 2.66. The molecule has 0 bridgehead atoms. The minimum atomic E-state index is -0.0874. The van der Waals surface area contributed by atoms with E-state index in [9.17, 15) is 4.79 Å². The molecule has 3 heteroatoms. The van der Waals surface area contributed by atoms with E-state index in [1.807, 2.05) is 32.0 Å². The van der Waals surface area contributed by atoms with Gasteiger partial charge in [-0.15, -0.1) is 0 Å². The average molecular weight is 220 g/mol. The lowest BCUT2D eigenvalue weighted by atomic mass is 10.2. The number of rotatable bonds is 0. The van der Waals surface area contributed by atoms with Crippen molar-refractivity contribution in [2.24, 2.45) is 0 Å². The van der Waals surface area contributed by atoms with Crippen molar-refractivity contribution in [2.45, 2.75) is 34.1 Å². The summed E-state index contributed by atoms with van der Waals surface area (Å²) < 4.78 is 0. The number of benzene rings is 1. The number of H-pyrrole nitrogens is 1. The molecule has 0 amide bonds. The second kappa shape index (κ2) is 8.65. The van der Waals surface area contributed by atoms with Crippen LogP contribution in [0, 0.1) is 0 Å². The Balaban J connectivity index is 0.000000394. The zero-order valence-electron chi connectivity index (χ0n) is 10.4. The van der Waals surface area contributed by atoms with E-state index in [2.05, 4.69) is 23.8 Å². The van der Waals surface area contributed by atoms with Gasteiger partial charge in [-0.1, -0.05) is 46.2 Å². The van der Waals surface area contributed by atoms with Gasteiger partial charge in [0.15, 0.2) is 0 Å². The summed E-state index contributed by atoms with van der Waals surface area (Å²) in [5.74, 6) is 0. The summed E-state index contributed by atoms with van der Waals surface area (Å²) in [5.41, 5.74) is 0.645. The maximum absolute atomic E-state index is 11.1. The molecule has 16 heavy (non-hydrogen) atoms. The Hall–Kier alpha value is -1.64. The molecule has 0 saturated carbocycles. The van der Waals surface area contributed by atoms with Crippen molar-refractivity contribution < 1.29 is 0 Å². The zero-order valence-corrected chi connectivity index (χ0v) is 10.4. The monoisotopic (exact) mass is 220 g/mol. The fourth-order valence-corrected chi connectivity index (χ4v) is 1.02. The van der Waals surface area contributed by atoms with Gasteiger partial charge < -0.3 is 4.98 Å². The summed E-state index contributed by atoms with van der Waals surface area (Å²) >= 11 is 0. The molecule has 1 aromatic heterocycles. The van der Waals surface area contributed by atoms with Crippen LogP contribution in [0.3, 0.4) is 0 Å². The Morgan fingerprint density at radius 2 is 1.75 bits per heavy atom. The summed E-state index contributed by atoms with van der Waals surface area (Å²) in [5, 5.41) is 0.634. The standard InChI is InChI=1S/C8H6N2O.C3H8.C2H6/c11-8-6-3-1-2-4-7(6)9-5-10-8;1-3-2;1-2/h1-5H,(H,9,10,11);3H2,1-2H3;1-2H3. The van der Waals surface area contributed by atoms with E-state index in [1.165, 1.54) is 12.7 Å². The highest BCUT2D eigenvalue weighted by Crippen LogP contribution is 2.02. The number of nitrogens with one attached hydrogen (secondary N) is 1. The molecule has 1 N–H and O–H groups in total. The molecule has 1 heterocycles. The molecule has 3 nitrogen and oxygen atoms in total. The third-order valence-corrected chi connectivity index (χ3v) is 1.55. The Bertz CT molecular complexity index is 443. The second-order valence-corrected chi connectivity index (χ2v) is 2.96. The van der Waals surface area contributed by atoms with Crippen LogP contribution < -0.4 is 5.56 Å². The van der Waals surface area contributed by atoms with Gasteiger partial charge in [0.05, 0.1) is 17.2 Å². The smallest absolute Gasteiger partial charge is 0.258 e. The SMILES string of the molecule is CC.CCC.O=c1[nH]cnc2ccccc12. The number of para-hydroxylation sites is 1. The second-order valence-electron chi connectivity index (χ2n) is 2.96. The fraction of sp³-hybridized carbons (Fsp3) is 0.385. The van der Waals surface area contributed by atoms with E-state index in [4.69, 9.17) is 0 Å². The van der Waals surface area contributed by atoms with Crippen LogP contribution in [0.15, 0.2) is 35.4 Å². The van der Waals surface area contributed by atoms with E-state index >= 15 is 0 Å². The quantitative estimate of drug-likeness (QED) is 0.740. The van der Waals surface area contributed by atoms with E-state index in [0.717, 1.165) is 5.52 Å². The minimum Gasteiger partial charge on any atom is -0.313 e. The largest absolute Gasteiger partial charge is 0.313 e. The van der Waals surface area contributed by atoms with Gasteiger partial charge in [-0.2, -0.15) is 0 Å². The van der Waals surface area contributed by atoms with Gasteiger partial charge in [0.25, 0.3) is 5.56 Å². The molecular weight excluding hydrogens is 200 g/mol. The van der Waals surface area contributed by atoms with Gasteiger partial charge in [0, 0.05) is 0 Å². The van der Waals surface area contributed by atoms with Crippen LogP contribution >= 0.6 is 0 Å².